The molecule has 0 aromatic carbocycles. The van der Waals surface area contributed by atoms with Crippen molar-refractivity contribution in [3.05, 3.63) is 30.5 Å². The molecule has 1 unspecified atom stereocenters. The monoisotopic (exact) mass is 301 g/mol. The Morgan fingerprint density at radius 3 is 2.73 bits per heavy atom. The van der Waals surface area contributed by atoms with Gasteiger partial charge in [-0.25, -0.2) is 9.97 Å². The van der Waals surface area contributed by atoms with Gasteiger partial charge in [0.2, 0.25) is 0 Å². The third-order valence-corrected chi connectivity index (χ3v) is 3.60. The highest BCUT2D eigenvalue weighted by molar-refractivity contribution is 5.39. The highest BCUT2D eigenvalue weighted by Gasteiger charge is 2.23. The number of nitrogens with zero attached hydrogens (tertiary/aromatic N) is 5. The molecule has 0 aliphatic carbocycles. The Balaban J connectivity index is 1.65. The van der Waals surface area contributed by atoms with E-state index in [2.05, 4.69) is 24.8 Å². The fourth-order valence-corrected chi connectivity index (χ4v) is 2.48. The molecule has 3 rings (SSSR count). The van der Waals surface area contributed by atoms with E-state index in [0.29, 0.717) is 11.8 Å². The van der Waals surface area contributed by atoms with Crippen LogP contribution >= 0.6 is 0 Å². The minimum Gasteiger partial charge on any atom is -0.494 e. The van der Waals surface area contributed by atoms with Crippen molar-refractivity contribution in [1.82, 2.24) is 19.9 Å². The smallest absolute Gasteiger partial charge is 0.316 e. The van der Waals surface area contributed by atoms with Gasteiger partial charge in [0.1, 0.15) is 18.2 Å². The number of aromatic nitrogens is 4. The summed E-state index contributed by atoms with van der Waals surface area (Å²) >= 11 is 0. The molecular weight excluding hydrogens is 282 g/mol. The van der Waals surface area contributed by atoms with Crippen molar-refractivity contribution in [1.29, 1.82) is 0 Å². The molecule has 1 atom stereocenters. The van der Waals surface area contributed by atoms with Gasteiger partial charge in [0.05, 0.1) is 26.0 Å². The lowest BCUT2D eigenvalue weighted by molar-refractivity contribution is 0.163. The Bertz CT molecular complexity index is 620. The molecule has 1 aliphatic heterocycles. The molecule has 116 valence electrons. The first-order valence-electron chi connectivity index (χ1n) is 7.31. The molecule has 0 radical (unpaired) electrons. The summed E-state index contributed by atoms with van der Waals surface area (Å²) in [6.07, 6.45) is 6.90. The zero-order valence-electron chi connectivity index (χ0n) is 12.8. The van der Waals surface area contributed by atoms with E-state index in [0.717, 1.165) is 37.4 Å². The van der Waals surface area contributed by atoms with E-state index in [4.69, 9.17) is 9.47 Å². The largest absolute Gasteiger partial charge is 0.494 e. The second kappa shape index (κ2) is 6.55. The van der Waals surface area contributed by atoms with Gasteiger partial charge in [-0.3, -0.25) is 0 Å². The second-order valence-corrected chi connectivity index (χ2v) is 5.25. The first kappa shape index (κ1) is 14.5. The van der Waals surface area contributed by atoms with E-state index in [1.54, 1.807) is 25.8 Å². The van der Waals surface area contributed by atoms with E-state index in [9.17, 15) is 0 Å². The summed E-state index contributed by atoms with van der Waals surface area (Å²) < 4.78 is 10.9. The maximum absolute atomic E-state index is 5.87. The van der Waals surface area contributed by atoms with Crippen LogP contribution in [0, 0.1) is 6.92 Å². The lowest BCUT2D eigenvalue weighted by Crippen LogP contribution is -2.41. The van der Waals surface area contributed by atoms with Crippen molar-refractivity contribution in [2.24, 2.45) is 0 Å². The molecule has 0 spiro atoms. The Labute approximate surface area is 129 Å². The Morgan fingerprint density at radius 1 is 1.18 bits per heavy atom. The normalized spacial score (nSPS) is 18.1. The molecule has 7 nitrogen and oxygen atoms in total. The molecule has 2 aromatic rings. The number of methoxy groups -OCH3 is 1. The third-order valence-electron chi connectivity index (χ3n) is 3.60. The molecule has 2 aromatic heterocycles. The van der Waals surface area contributed by atoms with Crippen LogP contribution in [0.2, 0.25) is 0 Å². The van der Waals surface area contributed by atoms with Crippen molar-refractivity contribution in [2.45, 2.75) is 25.9 Å². The maximum atomic E-state index is 5.87. The summed E-state index contributed by atoms with van der Waals surface area (Å²) in [5, 5.41) is 0. The zero-order valence-corrected chi connectivity index (χ0v) is 12.8. The Morgan fingerprint density at radius 2 is 2.00 bits per heavy atom. The summed E-state index contributed by atoms with van der Waals surface area (Å²) in [5.41, 5.74) is 0.964. The van der Waals surface area contributed by atoms with Crippen LogP contribution in [-0.2, 0) is 0 Å². The number of hydrogen-bond acceptors (Lipinski definition) is 7. The molecule has 1 aliphatic rings. The standard InChI is InChI=1S/C15H19N5O2/c1-11-6-14(19-10-18-11)20-5-3-4-12(9-20)22-15-16-7-13(21-2)8-17-15/h6-8,10,12H,3-5,9H2,1-2H3. The second-order valence-electron chi connectivity index (χ2n) is 5.25. The number of ether oxygens (including phenoxy) is 2. The van der Waals surface area contributed by atoms with E-state index in [1.165, 1.54) is 0 Å². The third kappa shape index (κ3) is 3.41. The number of piperidine rings is 1. The minimum atomic E-state index is 0.0532. The summed E-state index contributed by atoms with van der Waals surface area (Å²) in [7, 11) is 1.59. The molecular formula is C15H19N5O2. The predicted octanol–water partition coefficient (Wildman–Crippen LogP) is 1.63. The van der Waals surface area contributed by atoms with Crippen LogP contribution in [0.25, 0.3) is 0 Å². The molecule has 3 heterocycles. The van der Waals surface area contributed by atoms with Crippen LogP contribution in [0.5, 0.6) is 11.8 Å². The average Bonchev–Trinajstić information content (AvgIpc) is 2.56. The van der Waals surface area contributed by atoms with E-state index in [-0.39, 0.29) is 6.10 Å². The molecule has 1 fully saturated rings. The summed E-state index contributed by atoms with van der Waals surface area (Å²) in [6.45, 7) is 3.71. The summed E-state index contributed by atoms with van der Waals surface area (Å²) in [5.74, 6) is 1.56. The molecule has 7 heteroatoms. The number of anilines is 1. The van der Waals surface area contributed by atoms with Crippen LogP contribution < -0.4 is 14.4 Å². The molecule has 0 N–H and O–H groups in total. The van der Waals surface area contributed by atoms with Gasteiger partial charge in [-0.15, -0.1) is 0 Å². The first-order chi connectivity index (χ1) is 10.7. The summed E-state index contributed by atoms with van der Waals surface area (Å²) in [4.78, 5) is 19.0. The van der Waals surface area contributed by atoms with Gasteiger partial charge in [-0.05, 0) is 19.8 Å². The number of aryl methyl sites for hydroxylation is 1. The van der Waals surface area contributed by atoms with Gasteiger partial charge in [0.15, 0.2) is 5.75 Å². The van der Waals surface area contributed by atoms with Gasteiger partial charge in [-0.2, -0.15) is 9.97 Å². The van der Waals surface area contributed by atoms with Gasteiger partial charge < -0.3 is 14.4 Å². The van der Waals surface area contributed by atoms with Gasteiger partial charge in [-0.1, -0.05) is 0 Å². The fraction of sp³-hybridized carbons (Fsp3) is 0.467. The van der Waals surface area contributed by atoms with Crippen molar-refractivity contribution < 1.29 is 9.47 Å². The van der Waals surface area contributed by atoms with Crippen LogP contribution in [0.1, 0.15) is 18.5 Å². The lowest BCUT2D eigenvalue weighted by Gasteiger charge is -2.33. The fourth-order valence-electron chi connectivity index (χ4n) is 2.48. The number of hydrogen-bond donors (Lipinski definition) is 0. The molecule has 22 heavy (non-hydrogen) atoms. The van der Waals surface area contributed by atoms with Crippen LogP contribution in [-0.4, -0.2) is 46.2 Å². The van der Waals surface area contributed by atoms with E-state index in [1.807, 2.05) is 13.0 Å². The Kier molecular flexibility index (Phi) is 4.32. The quantitative estimate of drug-likeness (QED) is 0.849. The van der Waals surface area contributed by atoms with Crippen molar-refractivity contribution >= 4 is 5.82 Å². The molecule has 0 amide bonds. The van der Waals surface area contributed by atoms with Crippen molar-refractivity contribution in [2.75, 3.05) is 25.1 Å². The van der Waals surface area contributed by atoms with Gasteiger partial charge >= 0.3 is 6.01 Å². The van der Waals surface area contributed by atoms with E-state index >= 15 is 0 Å². The molecule has 0 saturated carbocycles. The lowest BCUT2D eigenvalue weighted by atomic mass is 10.1. The van der Waals surface area contributed by atoms with Crippen LogP contribution in [0.4, 0.5) is 5.82 Å². The van der Waals surface area contributed by atoms with E-state index < -0.39 is 0 Å². The zero-order chi connectivity index (χ0) is 15.4. The average molecular weight is 301 g/mol. The molecule has 1 saturated heterocycles. The molecule has 0 bridgehead atoms. The van der Waals surface area contributed by atoms with Crippen molar-refractivity contribution in [3.63, 3.8) is 0 Å². The maximum Gasteiger partial charge on any atom is 0.316 e. The summed E-state index contributed by atoms with van der Waals surface area (Å²) in [6, 6.07) is 2.37. The number of rotatable bonds is 4. The topological polar surface area (TPSA) is 73.3 Å². The predicted molar refractivity (Wildman–Crippen MR) is 81.2 cm³/mol. The SMILES string of the molecule is COc1cnc(OC2CCCN(c3cc(C)ncn3)C2)nc1. The minimum absolute atomic E-state index is 0.0532. The van der Waals surface area contributed by atoms with Crippen LogP contribution in [0.3, 0.4) is 0 Å². The Hall–Kier alpha value is -2.44. The van der Waals surface area contributed by atoms with Gasteiger partial charge in [0, 0.05) is 18.3 Å². The first-order valence-corrected chi connectivity index (χ1v) is 7.31. The van der Waals surface area contributed by atoms with Crippen molar-refractivity contribution in [3.8, 4) is 11.8 Å². The highest BCUT2D eigenvalue weighted by atomic mass is 16.5. The highest BCUT2D eigenvalue weighted by Crippen LogP contribution is 2.20. The van der Waals surface area contributed by atoms with Gasteiger partial charge in [0.25, 0.3) is 0 Å². The van der Waals surface area contributed by atoms with Crippen LogP contribution in [0.15, 0.2) is 24.8 Å².